The monoisotopic (exact) mass is 515 g/mol. The SMILES string of the molecule is CC(C)(C)OC(=O)N1CCC[C@@H](Nc2ncnc3c2c(C(=O)C2CC2)cn3COCC[Si](C)(C)C)C1. The minimum Gasteiger partial charge on any atom is -0.444 e. The number of nitrogens with one attached hydrogen (secondary N) is 1. The van der Waals surface area contributed by atoms with Gasteiger partial charge in [0.05, 0.1) is 5.39 Å². The lowest BCUT2D eigenvalue weighted by atomic mass is 10.0. The van der Waals surface area contributed by atoms with Gasteiger partial charge in [0, 0.05) is 51.5 Å². The molecule has 0 unspecified atom stereocenters. The van der Waals surface area contributed by atoms with Crippen LogP contribution < -0.4 is 5.32 Å². The Morgan fingerprint density at radius 2 is 1.92 bits per heavy atom. The van der Waals surface area contributed by atoms with Gasteiger partial charge in [0.15, 0.2) is 5.78 Å². The normalized spacial score (nSPS) is 18.9. The van der Waals surface area contributed by atoms with E-state index in [2.05, 4.69) is 34.9 Å². The van der Waals surface area contributed by atoms with Gasteiger partial charge in [-0.15, -0.1) is 0 Å². The minimum atomic E-state index is -1.19. The lowest BCUT2D eigenvalue weighted by Crippen LogP contribution is -2.47. The fourth-order valence-corrected chi connectivity index (χ4v) is 5.16. The third kappa shape index (κ3) is 6.85. The summed E-state index contributed by atoms with van der Waals surface area (Å²) in [6.07, 6.45) is 6.75. The first-order valence-electron chi connectivity index (χ1n) is 13.1. The number of hydrogen-bond acceptors (Lipinski definition) is 7. The summed E-state index contributed by atoms with van der Waals surface area (Å²) in [5.74, 6) is 0.876. The van der Waals surface area contributed by atoms with Gasteiger partial charge < -0.3 is 24.3 Å². The molecule has 10 heteroatoms. The molecule has 1 atom stereocenters. The molecule has 2 aliphatic rings. The molecule has 4 rings (SSSR count). The molecule has 0 radical (unpaired) electrons. The van der Waals surface area contributed by atoms with Crippen LogP contribution in [0, 0.1) is 5.92 Å². The van der Waals surface area contributed by atoms with Crippen LogP contribution in [0.3, 0.4) is 0 Å². The summed E-state index contributed by atoms with van der Waals surface area (Å²) >= 11 is 0. The molecule has 1 aliphatic carbocycles. The van der Waals surface area contributed by atoms with Gasteiger partial charge in [-0.05, 0) is 52.5 Å². The van der Waals surface area contributed by atoms with Crippen LogP contribution in [-0.2, 0) is 16.2 Å². The highest BCUT2D eigenvalue weighted by Crippen LogP contribution is 2.37. The van der Waals surface area contributed by atoms with E-state index in [-0.39, 0.29) is 23.8 Å². The zero-order valence-electron chi connectivity index (χ0n) is 22.6. The highest BCUT2D eigenvalue weighted by atomic mass is 28.3. The van der Waals surface area contributed by atoms with Crippen molar-refractivity contribution >= 4 is 36.8 Å². The Kier molecular flexibility index (Phi) is 7.75. The Labute approximate surface area is 214 Å². The molecule has 9 nitrogen and oxygen atoms in total. The number of ether oxygens (including phenoxy) is 2. The number of likely N-dealkylation sites (tertiary alicyclic amines) is 1. The van der Waals surface area contributed by atoms with E-state index < -0.39 is 13.7 Å². The zero-order chi connectivity index (χ0) is 26.1. The van der Waals surface area contributed by atoms with E-state index in [1.165, 1.54) is 6.33 Å². The van der Waals surface area contributed by atoms with Crippen LogP contribution in [0.4, 0.5) is 10.6 Å². The van der Waals surface area contributed by atoms with Crippen LogP contribution in [0.15, 0.2) is 12.5 Å². The number of anilines is 1. The van der Waals surface area contributed by atoms with Crippen molar-refractivity contribution in [1.82, 2.24) is 19.4 Å². The second kappa shape index (κ2) is 10.5. The van der Waals surface area contributed by atoms with Crippen molar-refractivity contribution in [2.24, 2.45) is 5.92 Å². The maximum absolute atomic E-state index is 13.2. The van der Waals surface area contributed by atoms with Gasteiger partial charge in [-0.2, -0.15) is 0 Å². The maximum Gasteiger partial charge on any atom is 0.410 e. The van der Waals surface area contributed by atoms with Crippen molar-refractivity contribution in [3.63, 3.8) is 0 Å². The molecule has 3 heterocycles. The van der Waals surface area contributed by atoms with Gasteiger partial charge in [0.1, 0.15) is 30.1 Å². The molecule has 2 fully saturated rings. The smallest absolute Gasteiger partial charge is 0.410 e. The molecule has 198 valence electrons. The van der Waals surface area contributed by atoms with E-state index in [9.17, 15) is 9.59 Å². The lowest BCUT2D eigenvalue weighted by Gasteiger charge is -2.34. The summed E-state index contributed by atoms with van der Waals surface area (Å²) in [5, 5.41) is 4.27. The predicted molar refractivity (Wildman–Crippen MR) is 143 cm³/mol. The molecular formula is C26H41N5O4Si. The number of ketones is 1. The molecule has 0 bridgehead atoms. The van der Waals surface area contributed by atoms with E-state index >= 15 is 0 Å². The number of aromatic nitrogens is 3. The van der Waals surface area contributed by atoms with Gasteiger partial charge >= 0.3 is 6.09 Å². The third-order valence-corrected chi connectivity index (χ3v) is 8.21. The van der Waals surface area contributed by atoms with E-state index in [1.807, 2.05) is 31.5 Å². The quantitative estimate of drug-likeness (QED) is 0.280. The van der Waals surface area contributed by atoms with Crippen molar-refractivity contribution in [1.29, 1.82) is 0 Å². The standard InChI is InChI=1S/C26H41N5O4Si/c1-26(2,3)35-25(33)30-11-7-8-19(14-30)29-23-21-20(22(32)18-9-10-18)15-31(24(21)28-16-27-23)17-34-12-13-36(4,5)6/h15-16,18-19H,7-14,17H2,1-6H3,(H,27,28,29)/t19-/m1/s1. The van der Waals surface area contributed by atoms with Crippen LogP contribution in [0.2, 0.25) is 25.7 Å². The number of fused-ring (bicyclic) bond motifs is 1. The Balaban J connectivity index is 1.55. The molecular weight excluding hydrogens is 474 g/mol. The summed E-state index contributed by atoms with van der Waals surface area (Å²) < 4.78 is 13.5. The number of hydrogen-bond donors (Lipinski definition) is 1. The molecule has 1 amide bonds. The lowest BCUT2D eigenvalue weighted by molar-refractivity contribution is 0.0206. The fraction of sp³-hybridized carbons (Fsp3) is 0.692. The maximum atomic E-state index is 13.2. The number of carbonyl (C=O) groups excluding carboxylic acids is 2. The van der Waals surface area contributed by atoms with Crippen molar-refractivity contribution < 1.29 is 19.1 Å². The number of rotatable bonds is 9. The van der Waals surface area contributed by atoms with Crippen molar-refractivity contribution in [2.75, 3.05) is 25.0 Å². The van der Waals surface area contributed by atoms with Crippen molar-refractivity contribution in [2.45, 2.75) is 90.5 Å². The van der Waals surface area contributed by atoms with Crippen LogP contribution in [0.1, 0.15) is 56.8 Å². The van der Waals surface area contributed by atoms with Crippen molar-refractivity contribution in [3.8, 4) is 0 Å². The second-order valence-corrected chi connectivity index (χ2v) is 18.0. The van der Waals surface area contributed by atoms with Gasteiger partial charge in [-0.3, -0.25) is 4.79 Å². The highest BCUT2D eigenvalue weighted by Gasteiger charge is 2.34. The first kappa shape index (κ1) is 26.6. The molecule has 1 saturated carbocycles. The molecule has 1 aliphatic heterocycles. The van der Waals surface area contributed by atoms with Crippen LogP contribution >= 0.6 is 0 Å². The van der Waals surface area contributed by atoms with Crippen LogP contribution in [0.5, 0.6) is 0 Å². The predicted octanol–water partition coefficient (Wildman–Crippen LogP) is 5.15. The molecule has 36 heavy (non-hydrogen) atoms. The summed E-state index contributed by atoms with van der Waals surface area (Å²) in [7, 11) is -1.19. The molecule has 2 aromatic rings. The average Bonchev–Trinajstić information content (AvgIpc) is 3.56. The topological polar surface area (TPSA) is 98.6 Å². The van der Waals surface area contributed by atoms with Gasteiger partial charge in [0.2, 0.25) is 0 Å². The number of carbonyl (C=O) groups is 2. The second-order valence-electron chi connectivity index (χ2n) is 12.3. The fourth-order valence-electron chi connectivity index (χ4n) is 4.41. The molecule has 0 spiro atoms. The van der Waals surface area contributed by atoms with Gasteiger partial charge in [-0.1, -0.05) is 19.6 Å². The summed E-state index contributed by atoms with van der Waals surface area (Å²) in [6.45, 7) is 14.8. The summed E-state index contributed by atoms with van der Waals surface area (Å²) in [4.78, 5) is 36.7. The van der Waals surface area contributed by atoms with E-state index in [0.29, 0.717) is 43.5 Å². The molecule has 1 N–H and O–H groups in total. The minimum absolute atomic E-state index is 0.00425. The van der Waals surface area contributed by atoms with Crippen LogP contribution in [0.25, 0.3) is 11.0 Å². The number of amides is 1. The van der Waals surface area contributed by atoms with Gasteiger partial charge in [0.25, 0.3) is 0 Å². The van der Waals surface area contributed by atoms with E-state index in [4.69, 9.17) is 9.47 Å². The van der Waals surface area contributed by atoms with E-state index in [0.717, 1.165) is 37.1 Å². The molecule has 0 aromatic carbocycles. The van der Waals surface area contributed by atoms with E-state index in [1.54, 1.807) is 4.90 Å². The first-order chi connectivity index (χ1) is 16.9. The summed E-state index contributed by atoms with van der Waals surface area (Å²) in [6, 6.07) is 1.09. The average molecular weight is 516 g/mol. The first-order valence-corrected chi connectivity index (χ1v) is 16.8. The van der Waals surface area contributed by atoms with Crippen LogP contribution in [-0.4, -0.2) is 70.7 Å². The van der Waals surface area contributed by atoms with Gasteiger partial charge in [-0.25, -0.2) is 14.8 Å². The zero-order valence-corrected chi connectivity index (χ0v) is 23.6. The Bertz CT molecular complexity index is 1100. The molecule has 2 aromatic heterocycles. The Morgan fingerprint density at radius 3 is 2.58 bits per heavy atom. The third-order valence-electron chi connectivity index (χ3n) is 6.51. The van der Waals surface area contributed by atoms with Crippen molar-refractivity contribution in [3.05, 3.63) is 18.1 Å². The Hall–Kier alpha value is -2.46. The highest BCUT2D eigenvalue weighted by molar-refractivity contribution is 6.76. The number of piperidine rings is 1. The number of Topliss-reactive ketones (excluding diaryl/α,β-unsaturated/α-hetero) is 1. The Morgan fingerprint density at radius 1 is 1.17 bits per heavy atom. The summed E-state index contributed by atoms with van der Waals surface area (Å²) in [5.41, 5.74) is 0.822. The number of nitrogens with zero attached hydrogens (tertiary/aromatic N) is 4. The molecule has 1 saturated heterocycles. The largest absolute Gasteiger partial charge is 0.444 e.